The molecule has 0 aliphatic rings. The molecule has 4 nitrogen and oxygen atoms in total. The number of hydrogen-bond acceptors (Lipinski definition) is 3. The minimum Gasteiger partial charge on any atom is -0.338 e. The highest BCUT2D eigenvalue weighted by Gasteiger charge is 2.14. The number of imidazole rings is 1. The molecule has 5 heteroatoms. The standard InChI is InChI=1S/C13H17N3OS/c1-2-16(13(17)12-5-3-10-18-12)8-4-7-15-9-6-14-11-15/h3,5-6,9-11H,2,4,7-8H2,1H3. The van der Waals surface area contributed by atoms with E-state index in [1.54, 1.807) is 12.5 Å². The maximum Gasteiger partial charge on any atom is 0.263 e. The Bertz CT molecular complexity index is 464. The Labute approximate surface area is 111 Å². The number of carbonyl (C=O) groups is 1. The molecule has 0 atom stereocenters. The van der Waals surface area contributed by atoms with Crippen molar-refractivity contribution in [3.63, 3.8) is 0 Å². The second-order valence-corrected chi connectivity index (χ2v) is 4.96. The van der Waals surface area contributed by atoms with Gasteiger partial charge in [0.25, 0.3) is 5.91 Å². The highest BCUT2D eigenvalue weighted by Crippen LogP contribution is 2.12. The molecular weight excluding hydrogens is 246 g/mol. The van der Waals surface area contributed by atoms with Gasteiger partial charge in [-0.2, -0.15) is 0 Å². The Morgan fingerprint density at radius 1 is 1.56 bits per heavy atom. The molecule has 0 aliphatic heterocycles. The van der Waals surface area contributed by atoms with E-state index in [1.165, 1.54) is 11.3 Å². The number of thiophene rings is 1. The SMILES string of the molecule is CCN(CCCn1ccnc1)C(=O)c1cccs1. The van der Waals surface area contributed by atoms with Gasteiger partial charge in [0.1, 0.15) is 0 Å². The van der Waals surface area contributed by atoms with Crippen molar-refractivity contribution in [2.24, 2.45) is 0 Å². The second kappa shape index (κ2) is 6.35. The lowest BCUT2D eigenvalue weighted by Gasteiger charge is -2.20. The van der Waals surface area contributed by atoms with Crippen LogP contribution in [0.1, 0.15) is 23.0 Å². The maximum absolute atomic E-state index is 12.1. The van der Waals surface area contributed by atoms with Gasteiger partial charge in [-0.1, -0.05) is 6.07 Å². The van der Waals surface area contributed by atoms with Crippen molar-refractivity contribution in [1.29, 1.82) is 0 Å². The normalized spacial score (nSPS) is 10.5. The van der Waals surface area contributed by atoms with Crippen LogP contribution in [0.15, 0.2) is 36.2 Å². The van der Waals surface area contributed by atoms with Crippen LogP contribution in [0.4, 0.5) is 0 Å². The van der Waals surface area contributed by atoms with Crippen LogP contribution in [0, 0.1) is 0 Å². The van der Waals surface area contributed by atoms with E-state index in [0.29, 0.717) is 0 Å². The summed E-state index contributed by atoms with van der Waals surface area (Å²) in [6, 6.07) is 3.79. The topological polar surface area (TPSA) is 38.1 Å². The second-order valence-electron chi connectivity index (χ2n) is 4.02. The van der Waals surface area contributed by atoms with Crippen molar-refractivity contribution < 1.29 is 4.79 Å². The van der Waals surface area contributed by atoms with E-state index in [-0.39, 0.29) is 5.91 Å². The molecule has 18 heavy (non-hydrogen) atoms. The summed E-state index contributed by atoms with van der Waals surface area (Å²) in [5.41, 5.74) is 0. The summed E-state index contributed by atoms with van der Waals surface area (Å²) in [6.45, 7) is 4.45. The number of hydrogen-bond donors (Lipinski definition) is 0. The largest absolute Gasteiger partial charge is 0.338 e. The highest BCUT2D eigenvalue weighted by atomic mass is 32.1. The zero-order valence-electron chi connectivity index (χ0n) is 10.5. The van der Waals surface area contributed by atoms with Gasteiger partial charge in [-0.15, -0.1) is 11.3 Å². The van der Waals surface area contributed by atoms with E-state index < -0.39 is 0 Å². The first-order chi connectivity index (χ1) is 8.81. The van der Waals surface area contributed by atoms with Gasteiger partial charge in [0, 0.05) is 32.0 Å². The quantitative estimate of drug-likeness (QED) is 0.803. The van der Waals surface area contributed by atoms with Crippen molar-refractivity contribution in [1.82, 2.24) is 14.5 Å². The van der Waals surface area contributed by atoms with Crippen molar-refractivity contribution in [2.45, 2.75) is 19.9 Å². The minimum absolute atomic E-state index is 0.137. The van der Waals surface area contributed by atoms with Gasteiger partial charge in [0.05, 0.1) is 11.2 Å². The molecule has 0 aliphatic carbocycles. The molecule has 0 N–H and O–H groups in total. The van der Waals surface area contributed by atoms with Crippen LogP contribution in [-0.4, -0.2) is 33.4 Å². The lowest BCUT2D eigenvalue weighted by Crippen LogP contribution is -2.31. The van der Waals surface area contributed by atoms with Crippen LogP contribution in [0.3, 0.4) is 0 Å². The Morgan fingerprint density at radius 2 is 2.44 bits per heavy atom. The fourth-order valence-corrected chi connectivity index (χ4v) is 2.51. The molecule has 2 aromatic rings. The molecule has 2 heterocycles. The van der Waals surface area contributed by atoms with Gasteiger partial charge in [0.2, 0.25) is 0 Å². The molecule has 0 unspecified atom stereocenters. The molecular formula is C13H17N3OS. The first-order valence-electron chi connectivity index (χ1n) is 6.09. The molecule has 0 spiro atoms. The molecule has 2 rings (SSSR count). The van der Waals surface area contributed by atoms with Crippen LogP contribution < -0.4 is 0 Å². The maximum atomic E-state index is 12.1. The lowest BCUT2D eigenvalue weighted by molar-refractivity contribution is 0.0765. The number of aryl methyl sites for hydroxylation is 1. The van der Waals surface area contributed by atoms with Crippen LogP contribution in [-0.2, 0) is 6.54 Å². The number of amides is 1. The fourth-order valence-electron chi connectivity index (χ4n) is 1.82. The number of rotatable bonds is 6. The van der Waals surface area contributed by atoms with E-state index in [9.17, 15) is 4.79 Å². The van der Waals surface area contributed by atoms with E-state index >= 15 is 0 Å². The number of carbonyl (C=O) groups excluding carboxylic acids is 1. The highest BCUT2D eigenvalue weighted by molar-refractivity contribution is 7.12. The van der Waals surface area contributed by atoms with Gasteiger partial charge in [0.15, 0.2) is 0 Å². The van der Waals surface area contributed by atoms with Crippen LogP contribution in [0.2, 0.25) is 0 Å². The number of nitrogens with zero attached hydrogens (tertiary/aromatic N) is 3. The Kier molecular flexibility index (Phi) is 4.52. The first kappa shape index (κ1) is 12.8. The summed E-state index contributed by atoms with van der Waals surface area (Å²) in [6.07, 6.45) is 6.46. The molecule has 0 aromatic carbocycles. The molecule has 0 saturated heterocycles. The van der Waals surface area contributed by atoms with Gasteiger partial charge < -0.3 is 9.47 Å². The molecule has 1 amide bonds. The Hall–Kier alpha value is -1.62. The van der Waals surface area contributed by atoms with Crippen LogP contribution >= 0.6 is 11.3 Å². The van der Waals surface area contributed by atoms with Gasteiger partial charge in [-0.05, 0) is 24.8 Å². The third-order valence-corrected chi connectivity index (χ3v) is 3.66. The van der Waals surface area contributed by atoms with Gasteiger partial charge in [-0.25, -0.2) is 4.98 Å². The van der Waals surface area contributed by atoms with Crippen molar-refractivity contribution in [2.75, 3.05) is 13.1 Å². The average molecular weight is 263 g/mol. The van der Waals surface area contributed by atoms with Crippen molar-refractivity contribution >= 4 is 17.2 Å². The summed E-state index contributed by atoms with van der Waals surface area (Å²) in [5, 5.41) is 1.94. The Morgan fingerprint density at radius 3 is 3.06 bits per heavy atom. The zero-order valence-corrected chi connectivity index (χ0v) is 11.3. The van der Waals surface area contributed by atoms with E-state index in [2.05, 4.69) is 4.98 Å². The van der Waals surface area contributed by atoms with Crippen LogP contribution in [0.25, 0.3) is 0 Å². The molecule has 0 radical (unpaired) electrons. The minimum atomic E-state index is 0.137. The van der Waals surface area contributed by atoms with E-state index in [4.69, 9.17) is 0 Å². The van der Waals surface area contributed by atoms with Crippen molar-refractivity contribution in [3.8, 4) is 0 Å². The zero-order chi connectivity index (χ0) is 12.8. The smallest absolute Gasteiger partial charge is 0.263 e. The third kappa shape index (κ3) is 3.20. The number of aromatic nitrogens is 2. The van der Waals surface area contributed by atoms with Crippen LogP contribution in [0.5, 0.6) is 0 Å². The average Bonchev–Trinajstić information content (AvgIpc) is 3.06. The molecule has 0 saturated carbocycles. The molecule has 0 fully saturated rings. The molecule has 0 bridgehead atoms. The Balaban J connectivity index is 1.84. The molecule has 2 aromatic heterocycles. The predicted octanol–water partition coefficient (Wildman–Crippen LogP) is 2.50. The lowest BCUT2D eigenvalue weighted by atomic mass is 10.3. The monoisotopic (exact) mass is 263 g/mol. The van der Waals surface area contributed by atoms with Gasteiger partial charge in [-0.3, -0.25) is 4.79 Å². The summed E-state index contributed by atoms with van der Waals surface area (Å²) in [5.74, 6) is 0.137. The summed E-state index contributed by atoms with van der Waals surface area (Å²) >= 11 is 1.50. The fraction of sp³-hybridized carbons (Fsp3) is 0.385. The summed E-state index contributed by atoms with van der Waals surface area (Å²) in [4.78, 5) is 18.9. The first-order valence-corrected chi connectivity index (χ1v) is 6.97. The van der Waals surface area contributed by atoms with Gasteiger partial charge >= 0.3 is 0 Å². The summed E-state index contributed by atoms with van der Waals surface area (Å²) in [7, 11) is 0. The third-order valence-electron chi connectivity index (χ3n) is 2.80. The predicted molar refractivity (Wildman–Crippen MR) is 72.7 cm³/mol. The molecule has 96 valence electrons. The van der Waals surface area contributed by atoms with E-state index in [1.807, 2.05) is 40.1 Å². The summed E-state index contributed by atoms with van der Waals surface area (Å²) < 4.78 is 2.03. The van der Waals surface area contributed by atoms with E-state index in [0.717, 1.165) is 30.9 Å². The van der Waals surface area contributed by atoms with Crippen molar-refractivity contribution in [3.05, 3.63) is 41.1 Å².